The topological polar surface area (TPSA) is 94.0 Å². The maximum absolute atomic E-state index is 12.1. The van der Waals surface area contributed by atoms with Crippen LogP contribution in [0.5, 0.6) is 5.75 Å². The van der Waals surface area contributed by atoms with Crippen molar-refractivity contribution in [2.24, 2.45) is 0 Å². The molecule has 0 aliphatic heterocycles. The third-order valence-corrected chi connectivity index (χ3v) is 3.29. The van der Waals surface area contributed by atoms with E-state index >= 15 is 0 Å². The molecule has 0 spiro atoms. The highest BCUT2D eigenvalue weighted by molar-refractivity contribution is 6.00. The van der Waals surface area contributed by atoms with Gasteiger partial charge in [-0.2, -0.15) is 0 Å². The first kappa shape index (κ1) is 15.5. The van der Waals surface area contributed by atoms with Crippen LogP contribution in [-0.2, 0) is 0 Å². The zero-order valence-electron chi connectivity index (χ0n) is 13.2. The molecule has 3 rings (SSSR count). The van der Waals surface area contributed by atoms with Gasteiger partial charge in [-0.3, -0.25) is 4.57 Å². The summed E-state index contributed by atoms with van der Waals surface area (Å²) in [5, 5.41) is 5.39. The average Bonchev–Trinajstić information content (AvgIpc) is 3.02. The molecule has 2 heterocycles. The van der Waals surface area contributed by atoms with Gasteiger partial charge in [0.25, 0.3) is 0 Å². The summed E-state index contributed by atoms with van der Waals surface area (Å²) >= 11 is 0. The lowest BCUT2D eigenvalue weighted by Crippen LogP contribution is -2.20. The van der Waals surface area contributed by atoms with Gasteiger partial charge in [0.1, 0.15) is 11.6 Å². The van der Waals surface area contributed by atoms with E-state index in [0.717, 1.165) is 5.82 Å². The summed E-state index contributed by atoms with van der Waals surface area (Å²) in [4.78, 5) is 24.6. The van der Waals surface area contributed by atoms with E-state index in [-0.39, 0.29) is 0 Å². The zero-order chi connectivity index (χ0) is 16.9. The van der Waals surface area contributed by atoms with Crippen LogP contribution in [0, 0.1) is 6.92 Å². The Morgan fingerprint density at radius 3 is 2.54 bits per heavy atom. The predicted molar refractivity (Wildman–Crippen MR) is 89.5 cm³/mol. The molecular weight excluding hydrogens is 308 g/mol. The van der Waals surface area contributed by atoms with E-state index in [2.05, 4.69) is 25.6 Å². The normalized spacial score (nSPS) is 10.2. The second-order valence-electron chi connectivity index (χ2n) is 4.90. The van der Waals surface area contributed by atoms with Crippen molar-refractivity contribution in [1.82, 2.24) is 19.5 Å². The summed E-state index contributed by atoms with van der Waals surface area (Å²) < 4.78 is 6.94. The molecule has 24 heavy (non-hydrogen) atoms. The molecule has 0 unspecified atom stereocenters. The van der Waals surface area contributed by atoms with Crippen LogP contribution < -0.4 is 15.4 Å². The highest BCUT2D eigenvalue weighted by Gasteiger charge is 2.08. The Morgan fingerprint density at radius 1 is 1.12 bits per heavy atom. The molecule has 8 heteroatoms. The van der Waals surface area contributed by atoms with E-state index in [1.54, 1.807) is 36.2 Å². The molecular formula is C16H16N6O2. The molecule has 3 aromatic rings. The number of anilines is 2. The van der Waals surface area contributed by atoms with Gasteiger partial charge in [0, 0.05) is 12.4 Å². The van der Waals surface area contributed by atoms with Crippen molar-refractivity contribution in [3.63, 3.8) is 0 Å². The Balaban J connectivity index is 1.68. The fraction of sp³-hybridized carbons (Fsp3) is 0.125. The molecule has 0 saturated heterocycles. The van der Waals surface area contributed by atoms with Crippen molar-refractivity contribution in [3.8, 4) is 11.7 Å². The zero-order valence-corrected chi connectivity index (χ0v) is 13.2. The third kappa shape index (κ3) is 3.32. The van der Waals surface area contributed by atoms with Crippen molar-refractivity contribution in [1.29, 1.82) is 0 Å². The molecule has 2 N–H and O–H groups in total. The molecule has 0 radical (unpaired) electrons. The Bertz CT molecular complexity index is 844. The van der Waals surface area contributed by atoms with Crippen LogP contribution in [0.4, 0.5) is 16.2 Å². The molecule has 8 nitrogen and oxygen atoms in total. The van der Waals surface area contributed by atoms with Crippen LogP contribution in [0.15, 0.2) is 49.1 Å². The molecule has 2 amide bonds. The number of urea groups is 1. The number of aromatic nitrogens is 4. The highest BCUT2D eigenvalue weighted by atomic mass is 16.5. The minimum atomic E-state index is -0.408. The smallest absolute Gasteiger partial charge is 0.323 e. The summed E-state index contributed by atoms with van der Waals surface area (Å²) in [5.41, 5.74) is 1.05. The van der Waals surface area contributed by atoms with Gasteiger partial charge in [-0.25, -0.2) is 19.7 Å². The summed E-state index contributed by atoms with van der Waals surface area (Å²) in [6.07, 6.45) is 6.50. The van der Waals surface area contributed by atoms with Crippen LogP contribution in [0.1, 0.15) is 5.82 Å². The summed E-state index contributed by atoms with van der Waals surface area (Å²) in [5.74, 6) is 1.85. The fourth-order valence-corrected chi connectivity index (χ4v) is 2.13. The van der Waals surface area contributed by atoms with Gasteiger partial charge < -0.3 is 15.4 Å². The molecule has 0 aliphatic carbocycles. The lowest BCUT2D eigenvalue weighted by Gasteiger charge is -2.11. The monoisotopic (exact) mass is 324 g/mol. The number of carbonyl (C=O) groups is 1. The standard InChI is InChI=1S/C16H16N6O2/c1-11-17-7-8-22(11)15-18-9-12(10-19-15)20-16(23)21-13-5-3-4-6-14(13)24-2/h3-10H,1-2H3,(H2,20,21,23). The van der Waals surface area contributed by atoms with Gasteiger partial charge in [0.05, 0.1) is 30.9 Å². The quantitative estimate of drug-likeness (QED) is 0.769. The molecule has 0 fully saturated rings. The SMILES string of the molecule is COc1ccccc1NC(=O)Nc1cnc(-n2ccnc2C)nc1. The number of ether oxygens (including phenoxy) is 1. The fourth-order valence-electron chi connectivity index (χ4n) is 2.13. The number of carbonyl (C=O) groups excluding carboxylic acids is 1. The average molecular weight is 324 g/mol. The van der Waals surface area contributed by atoms with E-state index in [1.165, 1.54) is 12.4 Å². The van der Waals surface area contributed by atoms with E-state index in [9.17, 15) is 4.79 Å². The Labute approximate surface area is 138 Å². The van der Waals surface area contributed by atoms with Gasteiger partial charge in [-0.15, -0.1) is 0 Å². The van der Waals surface area contributed by atoms with Gasteiger partial charge in [-0.05, 0) is 19.1 Å². The molecule has 122 valence electrons. The van der Waals surface area contributed by atoms with E-state index in [0.29, 0.717) is 23.1 Å². The first-order chi connectivity index (χ1) is 11.7. The number of hydrogen-bond donors (Lipinski definition) is 2. The number of amides is 2. The lowest BCUT2D eigenvalue weighted by molar-refractivity contribution is 0.262. The van der Waals surface area contributed by atoms with Crippen LogP contribution in [0.2, 0.25) is 0 Å². The molecule has 0 saturated carbocycles. The Kier molecular flexibility index (Phi) is 4.37. The Morgan fingerprint density at radius 2 is 1.88 bits per heavy atom. The maximum atomic E-state index is 12.1. The minimum absolute atomic E-state index is 0.408. The molecule has 2 aromatic heterocycles. The number of aryl methyl sites for hydroxylation is 1. The first-order valence-electron chi connectivity index (χ1n) is 7.21. The van der Waals surface area contributed by atoms with Gasteiger partial charge >= 0.3 is 6.03 Å². The summed E-state index contributed by atoms with van der Waals surface area (Å²) in [6.45, 7) is 1.86. The van der Waals surface area contributed by atoms with Crippen LogP contribution in [0.25, 0.3) is 5.95 Å². The Hall–Kier alpha value is -3.42. The highest BCUT2D eigenvalue weighted by Crippen LogP contribution is 2.23. The molecule has 0 aliphatic rings. The van der Waals surface area contributed by atoms with Gasteiger partial charge in [0.15, 0.2) is 0 Å². The predicted octanol–water partition coefficient (Wildman–Crippen LogP) is 2.62. The largest absolute Gasteiger partial charge is 0.495 e. The molecule has 1 aromatic carbocycles. The maximum Gasteiger partial charge on any atom is 0.323 e. The van der Waals surface area contributed by atoms with Crippen molar-refractivity contribution in [2.45, 2.75) is 6.92 Å². The first-order valence-corrected chi connectivity index (χ1v) is 7.21. The number of hydrogen-bond acceptors (Lipinski definition) is 5. The molecule has 0 atom stereocenters. The molecule has 0 bridgehead atoms. The van der Waals surface area contributed by atoms with Crippen molar-refractivity contribution >= 4 is 17.4 Å². The number of nitrogens with one attached hydrogen (secondary N) is 2. The number of rotatable bonds is 4. The lowest BCUT2D eigenvalue weighted by atomic mass is 10.3. The second-order valence-corrected chi connectivity index (χ2v) is 4.90. The number of para-hydroxylation sites is 2. The summed E-state index contributed by atoms with van der Waals surface area (Å²) in [7, 11) is 1.54. The second kappa shape index (κ2) is 6.78. The summed E-state index contributed by atoms with van der Waals surface area (Å²) in [6, 6.07) is 6.74. The van der Waals surface area contributed by atoms with E-state index in [4.69, 9.17) is 4.74 Å². The van der Waals surface area contributed by atoms with Crippen molar-refractivity contribution in [2.75, 3.05) is 17.7 Å². The van der Waals surface area contributed by atoms with Crippen LogP contribution in [-0.4, -0.2) is 32.7 Å². The van der Waals surface area contributed by atoms with Crippen molar-refractivity contribution in [3.05, 3.63) is 54.9 Å². The minimum Gasteiger partial charge on any atom is -0.495 e. The number of nitrogens with zero attached hydrogens (tertiary/aromatic N) is 4. The number of imidazole rings is 1. The van der Waals surface area contributed by atoms with E-state index < -0.39 is 6.03 Å². The van der Waals surface area contributed by atoms with Crippen LogP contribution >= 0.6 is 0 Å². The third-order valence-electron chi connectivity index (χ3n) is 3.29. The van der Waals surface area contributed by atoms with Crippen LogP contribution in [0.3, 0.4) is 0 Å². The van der Waals surface area contributed by atoms with Crippen molar-refractivity contribution < 1.29 is 9.53 Å². The van der Waals surface area contributed by atoms with E-state index in [1.807, 2.05) is 19.1 Å². The number of benzene rings is 1. The van der Waals surface area contributed by atoms with Gasteiger partial charge in [-0.1, -0.05) is 12.1 Å². The van der Waals surface area contributed by atoms with Gasteiger partial charge in [0.2, 0.25) is 5.95 Å². The number of methoxy groups -OCH3 is 1.